The van der Waals surface area contributed by atoms with E-state index >= 15 is 0 Å². The number of hydrogen-bond donors (Lipinski definition) is 1. The monoisotopic (exact) mass is 298 g/mol. The molecule has 2 aromatic heterocycles. The Labute approximate surface area is 128 Å². The number of aromatic hydroxyl groups is 1. The van der Waals surface area contributed by atoms with Gasteiger partial charge in [0.05, 0.1) is 6.61 Å². The SMILES string of the molecule is COCCOc1cc(C)nc2c1ccc1c(O)cc(C)nc12. The Hall–Kier alpha value is -2.40. The van der Waals surface area contributed by atoms with Crippen LogP contribution >= 0.6 is 0 Å². The van der Waals surface area contributed by atoms with Crippen molar-refractivity contribution in [2.45, 2.75) is 13.8 Å². The summed E-state index contributed by atoms with van der Waals surface area (Å²) in [5, 5.41) is 11.7. The van der Waals surface area contributed by atoms with Gasteiger partial charge < -0.3 is 14.6 Å². The van der Waals surface area contributed by atoms with Crippen LogP contribution in [0.4, 0.5) is 0 Å². The summed E-state index contributed by atoms with van der Waals surface area (Å²) in [4.78, 5) is 9.13. The van der Waals surface area contributed by atoms with Gasteiger partial charge in [-0.1, -0.05) is 0 Å². The molecule has 0 radical (unpaired) electrons. The molecule has 0 saturated carbocycles. The molecule has 5 heteroatoms. The summed E-state index contributed by atoms with van der Waals surface area (Å²) in [5.74, 6) is 0.971. The molecule has 0 saturated heterocycles. The van der Waals surface area contributed by atoms with Crippen LogP contribution in [0, 0.1) is 13.8 Å². The number of benzene rings is 1. The number of nitrogens with zero attached hydrogens (tertiary/aromatic N) is 2. The first-order valence-corrected chi connectivity index (χ1v) is 7.12. The normalized spacial score (nSPS) is 11.2. The van der Waals surface area contributed by atoms with E-state index in [4.69, 9.17) is 9.47 Å². The quantitative estimate of drug-likeness (QED) is 0.592. The number of ether oxygens (including phenoxy) is 2. The van der Waals surface area contributed by atoms with Crippen molar-refractivity contribution in [1.29, 1.82) is 0 Å². The molecule has 22 heavy (non-hydrogen) atoms. The van der Waals surface area contributed by atoms with Crippen molar-refractivity contribution >= 4 is 21.8 Å². The van der Waals surface area contributed by atoms with Crippen molar-refractivity contribution in [3.8, 4) is 11.5 Å². The minimum atomic E-state index is 0.217. The molecule has 5 nitrogen and oxygen atoms in total. The van der Waals surface area contributed by atoms with Gasteiger partial charge in [0.15, 0.2) is 0 Å². The van der Waals surface area contributed by atoms with Gasteiger partial charge in [0.25, 0.3) is 0 Å². The Morgan fingerprint density at radius 1 is 0.955 bits per heavy atom. The Kier molecular flexibility index (Phi) is 3.81. The number of pyridine rings is 2. The summed E-state index contributed by atoms with van der Waals surface area (Å²) in [6.45, 7) is 4.76. The maximum atomic E-state index is 10.1. The number of rotatable bonds is 4. The van der Waals surface area contributed by atoms with Crippen LogP contribution in [-0.4, -0.2) is 35.4 Å². The van der Waals surface area contributed by atoms with Crippen LogP contribution in [0.1, 0.15) is 11.4 Å². The second-order valence-corrected chi connectivity index (χ2v) is 5.24. The zero-order valence-corrected chi connectivity index (χ0v) is 12.9. The fourth-order valence-electron chi connectivity index (χ4n) is 2.53. The van der Waals surface area contributed by atoms with Crippen molar-refractivity contribution < 1.29 is 14.6 Å². The van der Waals surface area contributed by atoms with E-state index in [9.17, 15) is 5.11 Å². The van der Waals surface area contributed by atoms with Gasteiger partial charge in [-0.2, -0.15) is 0 Å². The van der Waals surface area contributed by atoms with E-state index in [0.717, 1.165) is 28.0 Å². The highest BCUT2D eigenvalue weighted by Gasteiger charge is 2.12. The van der Waals surface area contributed by atoms with Crippen molar-refractivity contribution in [2.75, 3.05) is 20.3 Å². The standard InChI is InChI=1S/C17H18N2O3/c1-10-8-14(20)12-4-5-13-15(22-7-6-21-3)9-11(2)19-17(13)16(12)18-10/h4-5,8-9H,6-7H2,1-3H3,(H,18,20). The Morgan fingerprint density at radius 2 is 1.59 bits per heavy atom. The van der Waals surface area contributed by atoms with E-state index in [1.165, 1.54) is 0 Å². The molecule has 0 aliphatic rings. The maximum absolute atomic E-state index is 10.1. The van der Waals surface area contributed by atoms with Gasteiger partial charge in [-0.15, -0.1) is 0 Å². The largest absolute Gasteiger partial charge is 0.507 e. The van der Waals surface area contributed by atoms with Crippen LogP contribution in [0.3, 0.4) is 0 Å². The number of hydrogen-bond acceptors (Lipinski definition) is 5. The molecular formula is C17H18N2O3. The molecule has 0 spiro atoms. The highest BCUT2D eigenvalue weighted by Crippen LogP contribution is 2.33. The average molecular weight is 298 g/mol. The van der Waals surface area contributed by atoms with Crippen LogP contribution in [0.5, 0.6) is 11.5 Å². The van der Waals surface area contributed by atoms with Gasteiger partial charge in [-0.25, -0.2) is 0 Å². The van der Waals surface area contributed by atoms with E-state index in [-0.39, 0.29) is 5.75 Å². The maximum Gasteiger partial charge on any atom is 0.130 e. The molecule has 0 aliphatic carbocycles. The number of methoxy groups -OCH3 is 1. The molecule has 3 rings (SSSR count). The lowest BCUT2D eigenvalue weighted by Crippen LogP contribution is -2.05. The molecule has 0 unspecified atom stereocenters. The van der Waals surface area contributed by atoms with Crippen molar-refractivity contribution in [1.82, 2.24) is 9.97 Å². The zero-order valence-electron chi connectivity index (χ0n) is 12.9. The molecule has 0 aliphatic heterocycles. The third-order valence-corrected chi connectivity index (χ3v) is 3.50. The molecule has 0 bridgehead atoms. The van der Waals surface area contributed by atoms with E-state index in [1.54, 1.807) is 13.2 Å². The smallest absolute Gasteiger partial charge is 0.130 e. The predicted molar refractivity (Wildman–Crippen MR) is 85.6 cm³/mol. The highest BCUT2D eigenvalue weighted by molar-refractivity contribution is 6.06. The molecule has 2 heterocycles. The van der Waals surface area contributed by atoms with E-state index < -0.39 is 0 Å². The topological polar surface area (TPSA) is 64.5 Å². The molecule has 0 atom stereocenters. The van der Waals surface area contributed by atoms with E-state index in [0.29, 0.717) is 24.1 Å². The fourth-order valence-corrected chi connectivity index (χ4v) is 2.53. The lowest BCUT2D eigenvalue weighted by atomic mass is 10.1. The average Bonchev–Trinajstić information content (AvgIpc) is 2.47. The summed E-state index contributed by atoms with van der Waals surface area (Å²) in [6.07, 6.45) is 0. The van der Waals surface area contributed by atoms with E-state index in [1.807, 2.05) is 32.0 Å². The minimum Gasteiger partial charge on any atom is -0.507 e. The molecule has 1 aromatic carbocycles. The number of aryl methyl sites for hydroxylation is 2. The van der Waals surface area contributed by atoms with Crippen molar-refractivity contribution in [2.24, 2.45) is 0 Å². The highest BCUT2D eigenvalue weighted by atomic mass is 16.5. The second-order valence-electron chi connectivity index (χ2n) is 5.24. The van der Waals surface area contributed by atoms with Gasteiger partial charge in [0.1, 0.15) is 29.1 Å². The van der Waals surface area contributed by atoms with E-state index in [2.05, 4.69) is 9.97 Å². The summed E-state index contributed by atoms with van der Waals surface area (Å²) in [5.41, 5.74) is 3.03. The minimum absolute atomic E-state index is 0.217. The van der Waals surface area contributed by atoms with Gasteiger partial charge >= 0.3 is 0 Å². The summed E-state index contributed by atoms with van der Waals surface area (Å²) in [7, 11) is 1.64. The summed E-state index contributed by atoms with van der Waals surface area (Å²) >= 11 is 0. The summed E-state index contributed by atoms with van der Waals surface area (Å²) < 4.78 is 10.8. The first-order valence-electron chi connectivity index (χ1n) is 7.12. The molecular weight excluding hydrogens is 280 g/mol. The number of fused-ring (bicyclic) bond motifs is 3. The van der Waals surface area contributed by atoms with Crippen molar-refractivity contribution in [3.05, 3.63) is 35.7 Å². The van der Waals surface area contributed by atoms with Gasteiger partial charge in [-0.3, -0.25) is 9.97 Å². The van der Waals surface area contributed by atoms with Crippen LogP contribution < -0.4 is 4.74 Å². The third kappa shape index (κ3) is 2.55. The molecule has 3 aromatic rings. The molecule has 1 N–H and O–H groups in total. The third-order valence-electron chi connectivity index (χ3n) is 3.50. The van der Waals surface area contributed by atoms with Gasteiger partial charge in [0.2, 0.25) is 0 Å². The lowest BCUT2D eigenvalue weighted by Gasteiger charge is -2.12. The van der Waals surface area contributed by atoms with Crippen molar-refractivity contribution in [3.63, 3.8) is 0 Å². The number of aromatic nitrogens is 2. The van der Waals surface area contributed by atoms with Gasteiger partial charge in [0, 0.05) is 41.4 Å². The molecule has 114 valence electrons. The Bertz CT molecular complexity index is 846. The second kappa shape index (κ2) is 5.77. The zero-order chi connectivity index (χ0) is 15.7. The van der Waals surface area contributed by atoms with Crippen LogP contribution in [0.15, 0.2) is 24.3 Å². The molecule has 0 amide bonds. The molecule has 0 fully saturated rings. The summed E-state index contributed by atoms with van der Waals surface area (Å²) in [6, 6.07) is 7.31. The Morgan fingerprint density at radius 3 is 2.32 bits per heavy atom. The Balaban J connectivity index is 2.25. The lowest BCUT2D eigenvalue weighted by molar-refractivity contribution is 0.147. The van der Waals surface area contributed by atoms with Crippen LogP contribution in [0.2, 0.25) is 0 Å². The first-order chi connectivity index (χ1) is 10.6. The predicted octanol–water partition coefficient (Wildman–Crippen LogP) is 3.13. The fraction of sp³-hybridized carbons (Fsp3) is 0.294. The first kappa shape index (κ1) is 14.5. The van der Waals surface area contributed by atoms with Gasteiger partial charge in [-0.05, 0) is 26.0 Å². The van der Waals surface area contributed by atoms with Crippen LogP contribution in [-0.2, 0) is 4.74 Å². The van der Waals surface area contributed by atoms with Crippen LogP contribution in [0.25, 0.3) is 21.8 Å².